The first-order chi connectivity index (χ1) is 12.1. The molecule has 2 aromatic carbocycles. The number of rotatable bonds is 5. The minimum atomic E-state index is -0.223. The molecule has 5 heteroatoms. The zero-order chi connectivity index (χ0) is 17.6. The summed E-state index contributed by atoms with van der Waals surface area (Å²) in [4.78, 5) is 18.7. The van der Waals surface area contributed by atoms with Gasteiger partial charge in [-0.05, 0) is 42.0 Å². The molecule has 0 saturated heterocycles. The van der Waals surface area contributed by atoms with Crippen LogP contribution in [0.4, 0.5) is 11.4 Å². The Morgan fingerprint density at radius 2 is 1.76 bits per heavy atom. The normalized spacial score (nSPS) is 10.3. The van der Waals surface area contributed by atoms with Crippen molar-refractivity contribution in [2.75, 3.05) is 17.3 Å². The Hall–Kier alpha value is -2.66. The monoisotopic (exact) mass is 395 g/mol. The Labute approximate surface area is 155 Å². The van der Waals surface area contributed by atoms with Gasteiger partial charge in [-0.1, -0.05) is 46.3 Å². The summed E-state index contributed by atoms with van der Waals surface area (Å²) in [5.41, 5.74) is 3.31. The Morgan fingerprint density at radius 3 is 2.40 bits per heavy atom. The summed E-state index contributed by atoms with van der Waals surface area (Å²) in [7, 11) is 2.01. The number of carbonyl (C=O) groups excluding carboxylic acids is 1. The van der Waals surface area contributed by atoms with Crippen LogP contribution in [0.2, 0.25) is 0 Å². The van der Waals surface area contributed by atoms with Crippen molar-refractivity contribution in [3.63, 3.8) is 0 Å². The molecule has 0 aliphatic rings. The molecular weight excluding hydrogens is 378 g/mol. The van der Waals surface area contributed by atoms with E-state index in [0.717, 1.165) is 22.4 Å². The van der Waals surface area contributed by atoms with Gasteiger partial charge in [-0.25, -0.2) is 4.98 Å². The predicted octanol–water partition coefficient (Wildman–Crippen LogP) is 4.73. The van der Waals surface area contributed by atoms with Gasteiger partial charge in [-0.15, -0.1) is 0 Å². The number of halogens is 1. The van der Waals surface area contributed by atoms with E-state index in [2.05, 4.69) is 43.3 Å². The standard InChI is InChI=1S/C20H18BrN3O/c1-24(14-15-5-3-2-4-6-15)18-11-12-19(22-13-18)20(25)23-17-9-7-16(21)8-10-17/h2-13H,14H2,1H3,(H,23,25). The zero-order valence-corrected chi connectivity index (χ0v) is 15.4. The molecule has 0 fully saturated rings. The molecule has 25 heavy (non-hydrogen) atoms. The summed E-state index contributed by atoms with van der Waals surface area (Å²) in [6.07, 6.45) is 1.72. The third kappa shape index (κ3) is 4.67. The first-order valence-electron chi connectivity index (χ1n) is 7.90. The van der Waals surface area contributed by atoms with Crippen LogP contribution >= 0.6 is 15.9 Å². The van der Waals surface area contributed by atoms with E-state index in [1.807, 2.05) is 55.6 Å². The van der Waals surface area contributed by atoms with Crippen molar-refractivity contribution in [2.45, 2.75) is 6.54 Å². The molecule has 0 spiro atoms. The Morgan fingerprint density at radius 1 is 1.04 bits per heavy atom. The summed E-state index contributed by atoms with van der Waals surface area (Å²) in [6, 6.07) is 21.3. The van der Waals surface area contributed by atoms with Crippen molar-refractivity contribution in [1.29, 1.82) is 0 Å². The van der Waals surface area contributed by atoms with Crippen molar-refractivity contribution >= 4 is 33.2 Å². The number of aromatic nitrogens is 1. The number of benzene rings is 2. The highest BCUT2D eigenvalue weighted by Crippen LogP contribution is 2.17. The second-order valence-corrected chi connectivity index (χ2v) is 6.62. The van der Waals surface area contributed by atoms with Gasteiger partial charge in [0, 0.05) is 23.8 Å². The van der Waals surface area contributed by atoms with Gasteiger partial charge in [0.1, 0.15) is 5.69 Å². The number of nitrogens with one attached hydrogen (secondary N) is 1. The molecule has 0 bridgehead atoms. The van der Waals surface area contributed by atoms with E-state index >= 15 is 0 Å². The number of hydrogen-bond donors (Lipinski definition) is 1. The van der Waals surface area contributed by atoms with E-state index in [0.29, 0.717) is 5.69 Å². The maximum absolute atomic E-state index is 12.3. The van der Waals surface area contributed by atoms with Gasteiger partial charge in [0.2, 0.25) is 0 Å². The SMILES string of the molecule is CN(Cc1ccccc1)c1ccc(C(=O)Nc2ccc(Br)cc2)nc1. The number of pyridine rings is 1. The maximum atomic E-state index is 12.3. The van der Waals surface area contributed by atoms with Crippen molar-refractivity contribution in [2.24, 2.45) is 0 Å². The lowest BCUT2D eigenvalue weighted by molar-refractivity contribution is 0.102. The Balaban J connectivity index is 1.65. The number of nitrogens with zero attached hydrogens (tertiary/aromatic N) is 2. The predicted molar refractivity (Wildman–Crippen MR) is 105 cm³/mol. The van der Waals surface area contributed by atoms with E-state index in [1.54, 1.807) is 12.3 Å². The molecule has 0 radical (unpaired) electrons. The van der Waals surface area contributed by atoms with Crippen LogP contribution in [0.3, 0.4) is 0 Å². The molecule has 1 N–H and O–H groups in total. The third-order valence-electron chi connectivity index (χ3n) is 3.79. The van der Waals surface area contributed by atoms with Crippen molar-refractivity contribution < 1.29 is 4.79 Å². The number of hydrogen-bond acceptors (Lipinski definition) is 3. The molecular formula is C20H18BrN3O. The summed E-state index contributed by atoms with van der Waals surface area (Å²) in [5, 5.41) is 2.84. The van der Waals surface area contributed by atoms with Gasteiger partial charge >= 0.3 is 0 Å². The lowest BCUT2D eigenvalue weighted by Gasteiger charge is -2.19. The fraction of sp³-hybridized carbons (Fsp3) is 0.100. The van der Waals surface area contributed by atoms with Crippen LogP contribution in [0.1, 0.15) is 16.1 Å². The second-order valence-electron chi connectivity index (χ2n) is 5.70. The first kappa shape index (κ1) is 17.2. The summed E-state index contributed by atoms with van der Waals surface area (Å²) >= 11 is 3.37. The minimum absolute atomic E-state index is 0.223. The van der Waals surface area contributed by atoms with Crippen LogP contribution in [0.5, 0.6) is 0 Å². The van der Waals surface area contributed by atoms with Gasteiger partial charge in [-0.2, -0.15) is 0 Å². The zero-order valence-electron chi connectivity index (χ0n) is 13.8. The second kappa shape index (κ2) is 7.94. The highest BCUT2D eigenvalue weighted by Gasteiger charge is 2.09. The first-order valence-corrected chi connectivity index (χ1v) is 8.69. The lowest BCUT2D eigenvalue weighted by Crippen LogP contribution is -2.18. The van der Waals surface area contributed by atoms with Crippen LogP contribution in [0, 0.1) is 0 Å². The van der Waals surface area contributed by atoms with Crippen molar-refractivity contribution in [3.8, 4) is 0 Å². The van der Waals surface area contributed by atoms with Crippen LogP contribution in [-0.4, -0.2) is 17.9 Å². The number of anilines is 2. The molecule has 1 amide bonds. The average Bonchev–Trinajstić information content (AvgIpc) is 2.64. The molecule has 0 unspecified atom stereocenters. The highest BCUT2D eigenvalue weighted by molar-refractivity contribution is 9.10. The summed E-state index contributed by atoms with van der Waals surface area (Å²) < 4.78 is 0.967. The molecule has 0 aliphatic heterocycles. The van der Waals surface area contributed by atoms with Gasteiger partial charge in [0.15, 0.2) is 0 Å². The molecule has 3 aromatic rings. The van der Waals surface area contributed by atoms with Crippen molar-refractivity contribution in [3.05, 3.63) is 88.7 Å². The largest absolute Gasteiger partial charge is 0.369 e. The molecule has 4 nitrogen and oxygen atoms in total. The molecule has 3 rings (SSSR count). The minimum Gasteiger partial charge on any atom is -0.369 e. The third-order valence-corrected chi connectivity index (χ3v) is 4.31. The summed E-state index contributed by atoms with van der Waals surface area (Å²) in [5.74, 6) is -0.223. The molecule has 1 aromatic heterocycles. The fourth-order valence-electron chi connectivity index (χ4n) is 2.42. The van der Waals surface area contributed by atoms with E-state index < -0.39 is 0 Å². The van der Waals surface area contributed by atoms with E-state index in [9.17, 15) is 4.79 Å². The van der Waals surface area contributed by atoms with Gasteiger partial charge < -0.3 is 10.2 Å². The van der Waals surface area contributed by atoms with Gasteiger partial charge in [0.25, 0.3) is 5.91 Å². The highest BCUT2D eigenvalue weighted by atomic mass is 79.9. The fourth-order valence-corrected chi connectivity index (χ4v) is 2.69. The van der Waals surface area contributed by atoms with Crippen LogP contribution in [0.25, 0.3) is 0 Å². The smallest absolute Gasteiger partial charge is 0.274 e. The molecule has 0 aliphatic carbocycles. The topological polar surface area (TPSA) is 45.2 Å². The molecule has 1 heterocycles. The van der Waals surface area contributed by atoms with E-state index in [4.69, 9.17) is 0 Å². The Kier molecular flexibility index (Phi) is 5.46. The van der Waals surface area contributed by atoms with Crippen molar-refractivity contribution in [1.82, 2.24) is 4.98 Å². The molecule has 0 atom stereocenters. The van der Waals surface area contributed by atoms with E-state index in [-0.39, 0.29) is 5.91 Å². The molecule has 126 valence electrons. The average molecular weight is 396 g/mol. The van der Waals surface area contributed by atoms with Gasteiger partial charge in [0.05, 0.1) is 11.9 Å². The summed E-state index contributed by atoms with van der Waals surface area (Å²) in [6.45, 7) is 0.785. The lowest BCUT2D eigenvalue weighted by atomic mass is 10.2. The van der Waals surface area contributed by atoms with E-state index in [1.165, 1.54) is 5.56 Å². The van der Waals surface area contributed by atoms with Gasteiger partial charge in [-0.3, -0.25) is 4.79 Å². The van der Waals surface area contributed by atoms with Crippen LogP contribution < -0.4 is 10.2 Å². The van der Waals surface area contributed by atoms with Crippen LogP contribution in [0.15, 0.2) is 77.4 Å². The quantitative estimate of drug-likeness (QED) is 0.678. The Bertz CT molecular complexity index is 833. The maximum Gasteiger partial charge on any atom is 0.274 e. The number of amides is 1. The van der Waals surface area contributed by atoms with Crippen LogP contribution in [-0.2, 0) is 6.54 Å². The molecule has 0 saturated carbocycles. The number of carbonyl (C=O) groups is 1.